The van der Waals surface area contributed by atoms with E-state index in [9.17, 15) is 0 Å². The van der Waals surface area contributed by atoms with Gasteiger partial charge in [-0.1, -0.05) is 62.7 Å². The smallest absolute Gasteiger partial charge is 0.180 e. The molecule has 0 saturated carbocycles. The molecule has 148 valence electrons. The first-order valence-corrected chi connectivity index (χ1v) is 9.85. The highest BCUT2D eigenvalue weighted by molar-refractivity contribution is 6.32. The van der Waals surface area contributed by atoms with Crippen LogP contribution in [0.1, 0.15) is 52.2 Å². The van der Waals surface area contributed by atoms with Crippen LogP contribution in [0.5, 0.6) is 11.5 Å². The molecule has 0 heterocycles. The lowest BCUT2D eigenvalue weighted by molar-refractivity contribution is -0.737. The van der Waals surface area contributed by atoms with E-state index in [2.05, 4.69) is 39.9 Å². The minimum Gasteiger partial charge on any atom is -0.493 e. The summed E-state index contributed by atoms with van der Waals surface area (Å²) in [5.74, 6) is 1.27. The molecule has 2 aromatic carbocycles. The largest absolute Gasteiger partial charge is 0.493 e. The topological polar surface area (TPSA) is 35.1 Å². The molecule has 0 saturated heterocycles. The molecule has 0 spiro atoms. The Labute approximate surface area is 169 Å². The minimum atomic E-state index is 0.153. The Morgan fingerprint density at radius 2 is 1.63 bits per heavy atom. The second kappa shape index (κ2) is 8.99. The van der Waals surface area contributed by atoms with Crippen molar-refractivity contribution in [2.24, 2.45) is 5.41 Å². The lowest BCUT2D eigenvalue weighted by Crippen LogP contribution is -2.94. The number of nitrogens with two attached hydrogens (primary N) is 1. The van der Waals surface area contributed by atoms with Gasteiger partial charge in [-0.3, -0.25) is 0 Å². The molecule has 0 unspecified atom stereocenters. The van der Waals surface area contributed by atoms with Gasteiger partial charge in [-0.25, -0.2) is 0 Å². The Hall–Kier alpha value is -1.71. The Kier molecular flexibility index (Phi) is 7.19. The summed E-state index contributed by atoms with van der Waals surface area (Å²) in [5, 5.41) is 2.95. The van der Waals surface area contributed by atoms with Gasteiger partial charge in [0.05, 0.1) is 17.7 Å². The molecule has 0 aliphatic carbocycles. The van der Waals surface area contributed by atoms with Gasteiger partial charge in [-0.15, -0.1) is 0 Å². The fourth-order valence-corrected chi connectivity index (χ4v) is 3.88. The first-order valence-electron chi connectivity index (χ1n) is 9.47. The van der Waals surface area contributed by atoms with Gasteiger partial charge in [0.25, 0.3) is 0 Å². The average molecular weight is 391 g/mol. The molecule has 0 bridgehead atoms. The van der Waals surface area contributed by atoms with Gasteiger partial charge in [0.1, 0.15) is 13.2 Å². The Morgan fingerprint density at radius 1 is 0.963 bits per heavy atom. The zero-order valence-electron chi connectivity index (χ0n) is 17.4. The van der Waals surface area contributed by atoms with Crippen molar-refractivity contribution in [3.8, 4) is 11.5 Å². The summed E-state index contributed by atoms with van der Waals surface area (Å²) in [6.45, 7) is 12.7. The minimum absolute atomic E-state index is 0.153. The van der Waals surface area contributed by atoms with Crippen LogP contribution in [0, 0.1) is 5.41 Å². The van der Waals surface area contributed by atoms with Crippen LogP contribution in [-0.2, 0) is 13.2 Å². The van der Waals surface area contributed by atoms with Gasteiger partial charge < -0.3 is 14.8 Å². The number of methoxy groups -OCH3 is 1. The third-order valence-electron chi connectivity index (χ3n) is 4.39. The molecule has 0 aliphatic heterocycles. The van der Waals surface area contributed by atoms with Crippen molar-refractivity contribution in [3.63, 3.8) is 0 Å². The molecule has 2 aromatic rings. The van der Waals surface area contributed by atoms with Crippen LogP contribution in [0.25, 0.3) is 0 Å². The van der Waals surface area contributed by atoms with Crippen LogP contribution in [-0.4, -0.2) is 12.6 Å². The predicted molar refractivity (Wildman–Crippen MR) is 113 cm³/mol. The van der Waals surface area contributed by atoms with E-state index in [1.807, 2.05) is 42.5 Å². The fourth-order valence-electron chi connectivity index (χ4n) is 3.59. The maximum atomic E-state index is 6.52. The summed E-state index contributed by atoms with van der Waals surface area (Å²) in [4.78, 5) is 0. The highest BCUT2D eigenvalue weighted by Gasteiger charge is 2.28. The quantitative estimate of drug-likeness (QED) is 0.671. The third kappa shape index (κ3) is 7.08. The van der Waals surface area contributed by atoms with Gasteiger partial charge in [0, 0.05) is 12.0 Å². The fraction of sp³-hybridized carbons (Fsp3) is 0.478. The van der Waals surface area contributed by atoms with Gasteiger partial charge in [0.15, 0.2) is 11.5 Å². The molecule has 0 aromatic heterocycles. The van der Waals surface area contributed by atoms with E-state index in [1.54, 1.807) is 7.11 Å². The Balaban J connectivity index is 2.08. The average Bonchev–Trinajstić information content (AvgIpc) is 2.57. The van der Waals surface area contributed by atoms with Crippen LogP contribution in [0.3, 0.4) is 0 Å². The van der Waals surface area contributed by atoms with Crippen molar-refractivity contribution < 1.29 is 14.8 Å². The summed E-state index contributed by atoms with van der Waals surface area (Å²) in [5.41, 5.74) is 2.67. The van der Waals surface area contributed by atoms with E-state index < -0.39 is 0 Å². The van der Waals surface area contributed by atoms with Crippen molar-refractivity contribution in [2.75, 3.05) is 7.11 Å². The Bertz CT molecular complexity index is 736. The van der Waals surface area contributed by atoms with Crippen molar-refractivity contribution in [1.82, 2.24) is 0 Å². The van der Waals surface area contributed by atoms with Crippen molar-refractivity contribution in [2.45, 2.75) is 59.7 Å². The normalized spacial score (nSPS) is 12.1. The number of rotatable bonds is 8. The summed E-state index contributed by atoms with van der Waals surface area (Å²) in [7, 11) is 1.65. The molecular formula is C23H33ClNO2+. The molecule has 4 heteroatoms. The van der Waals surface area contributed by atoms with E-state index in [4.69, 9.17) is 21.1 Å². The van der Waals surface area contributed by atoms with Gasteiger partial charge in [-0.2, -0.15) is 0 Å². The molecule has 27 heavy (non-hydrogen) atoms. The van der Waals surface area contributed by atoms with E-state index in [0.717, 1.165) is 24.1 Å². The van der Waals surface area contributed by atoms with E-state index >= 15 is 0 Å². The van der Waals surface area contributed by atoms with Gasteiger partial charge >= 0.3 is 0 Å². The maximum absolute atomic E-state index is 6.52. The summed E-state index contributed by atoms with van der Waals surface area (Å²) >= 11 is 6.52. The molecular weight excluding hydrogens is 358 g/mol. The van der Waals surface area contributed by atoms with E-state index in [1.165, 1.54) is 0 Å². The third-order valence-corrected chi connectivity index (χ3v) is 4.67. The number of quaternary nitrogens is 1. The highest BCUT2D eigenvalue weighted by atomic mass is 35.5. The number of hydrogen-bond acceptors (Lipinski definition) is 2. The molecule has 0 fully saturated rings. The van der Waals surface area contributed by atoms with E-state index in [-0.39, 0.29) is 5.54 Å². The SMILES string of the molecule is COc1cc(C[NH2+]C(C)(C)CC(C)(C)C)cc(Cl)c1OCc1ccccc1. The van der Waals surface area contributed by atoms with Crippen molar-refractivity contribution in [1.29, 1.82) is 0 Å². The second-order valence-electron chi connectivity index (χ2n) is 9.02. The van der Waals surface area contributed by atoms with Crippen molar-refractivity contribution in [3.05, 3.63) is 58.6 Å². The summed E-state index contributed by atoms with van der Waals surface area (Å²) in [6, 6.07) is 14.0. The number of ether oxygens (including phenoxy) is 2. The monoisotopic (exact) mass is 390 g/mol. The number of benzene rings is 2. The van der Waals surface area contributed by atoms with E-state index in [0.29, 0.717) is 28.5 Å². The first kappa shape index (κ1) is 21.6. The first-order chi connectivity index (χ1) is 12.6. The van der Waals surface area contributed by atoms with Crippen LogP contribution >= 0.6 is 11.6 Å². The number of halogens is 1. The van der Waals surface area contributed by atoms with Crippen LogP contribution in [0.15, 0.2) is 42.5 Å². The molecule has 2 rings (SSSR count). The number of hydrogen-bond donors (Lipinski definition) is 1. The standard InChI is InChI=1S/C23H32ClNO2/c1-22(2,3)16-23(4,5)25-14-18-12-19(24)21(20(13-18)26-6)27-15-17-10-8-7-9-11-17/h7-13,25H,14-16H2,1-6H3/p+1. The second-order valence-corrected chi connectivity index (χ2v) is 9.42. The zero-order valence-corrected chi connectivity index (χ0v) is 18.2. The summed E-state index contributed by atoms with van der Waals surface area (Å²) in [6.07, 6.45) is 1.13. The lowest BCUT2D eigenvalue weighted by atomic mass is 9.82. The van der Waals surface area contributed by atoms with Gasteiger partial charge in [-0.05, 0) is 37.0 Å². The van der Waals surface area contributed by atoms with Crippen molar-refractivity contribution >= 4 is 11.6 Å². The molecule has 3 nitrogen and oxygen atoms in total. The summed E-state index contributed by atoms with van der Waals surface area (Å²) < 4.78 is 11.5. The highest BCUT2D eigenvalue weighted by Crippen LogP contribution is 2.37. The van der Waals surface area contributed by atoms with Gasteiger partial charge in [0.2, 0.25) is 0 Å². The molecule has 0 radical (unpaired) electrons. The van der Waals surface area contributed by atoms with Crippen LogP contribution in [0.2, 0.25) is 5.02 Å². The maximum Gasteiger partial charge on any atom is 0.180 e. The molecule has 0 amide bonds. The predicted octanol–water partition coefficient (Wildman–Crippen LogP) is 5.21. The van der Waals surface area contributed by atoms with Crippen LogP contribution in [0.4, 0.5) is 0 Å². The molecule has 0 aliphatic rings. The Morgan fingerprint density at radius 3 is 2.22 bits per heavy atom. The zero-order chi connectivity index (χ0) is 20.1. The lowest BCUT2D eigenvalue weighted by Gasteiger charge is -2.30. The molecule has 2 N–H and O–H groups in total. The van der Waals surface area contributed by atoms with Crippen LogP contribution < -0.4 is 14.8 Å². The molecule has 0 atom stereocenters.